The number of nitrogens with one attached hydrogen (secondary N) is 1. The number of likely N-dealkylation sites (N-methyl/N-ethyl adjacent to an activating group) is 2. The van der Waals surface area contributed by atoms with Crippen LogP contribution in [0, 0.1) is 5.92 Å². The van der Waals surface area contributed by atoms with E-state index in [2.05, 4.69) is 67.4 Å². The molecule has 21 heavy (non-hydrogen) atoms. The van der Waals surface area contributed by atoms with Crippen LogP contribution in [0.25, 0.3) is 0 Å². The Labute approximate surface area is 129 Å². The Bertz CT molecular complexity index is 430. The summed E-state index contributed by atoms with van der Waals surface area (Å²) in [6.07, 6.45) is 10.6. The third kappa shape index (κ3) is 3.32. The van der Waals surface area contributed by atoms with Crippen molar-refractivity contribution in [3.8, 4) is 0 Å². The Morgan fingerprint density at radius 3 is 2.62 bits per heavy atom. The minimum atomic E-state index is 0.210. The second-order valence-corrected chi connectivity index (χ2v) is 6.94. The van der Waals surface area contributed by atoms with Crippen LogP contribution in [0.1, 0.15) is 57.6 Å². The Kier molecular flexibility index (Phi) is 5.44. The molecule has 0 aromatic carbocycles. The largest absolute Gasteiger partial charge is 0.311 e. The van der Waals surface area contributed by atoms with Gasteiger partial charge in [0.15, 0.2) is 0 Å². The molecule has 0 saturated heterocycles. The van der Waals surface area contributed by atoms with Gasteiger partial charge in [-0.3, -0.25) is 4.68 Å². The second-order valence-electron chi connectivity index (χ2n) is 6.94. The fourth-order valence-electron chi connectivity index (χ4n) is 3.88. The van der Waals surface area contributed by atoms with Gasteiger partial charge < -0.3 is 10.2 Å². The molecule has 0 spiro atoms. The van der Waals surface area contributed by atoms with Gasteiger partial charge in [-0.2, -0.15) is 5.10 Å². The summed E-state index contributed by atoms with van der Waals surface area (Å²) in [5, 5.41) is 8.12. The van der Waals surface area contributed by atoms with E-state index in [-0.39, 0.29) is 5.54 Å². The first-order valence-electron chi connectivity index (χ1n) is 8.40. The van der Waals surface area contributed by atoms with Gasteiger partial charge in [-0.1, -0.05) is 13.8 Å². The lowest BCUT2D eigenvalue weighted by Crippen LogP contribution is -2.54. The van der Waals surface area contributed by atoms with Crippen LogP contribution in [0.4, 0.5) is 0 Å². The lowest BCUT2D eigenvalue weighted by Gasteiger charge is -2.49. The van der Waals surface area contributed by atoms with Gasteiger partial charge in [-0.05, 0) is 59.2 Å². The van der Waals surface area contributed by atoms with Gasteiger partial charge in [0, 0.05) is 23.8 Å². The highest BCUT2D eigenvalue weighted by molar-refractivity contribution is 5.19. The topological polar surface area (TPSA) is 33.1 Å². The van der Waals surface area contributed by atoms with Crippen molar-refractivity contribution in [1.29, 1.82) is 0 Å². The minimum absolute atomic E-state index is 0.210. The molecule has 0 radical (unpaired) electrons. The number of rotatable bonds is 6. The molecule has 0 bridgehead atoms. The average molecular weight is 292 g/mol. The van der Waals surface area contributed by atoms with Gasteiger partial charge in [0.25, 0.3) is 0 Å². The van der Waals surface area contributed by atoms with Crippen molar-refractivity contribution in [3.05, 3.63) is 18.0 Å². The summed E-state index contributed by atoms with van der Waals surface area (Å²) in [6, 6.07) is 0.352. The van der Waals surface area contributed by atoms with Crippen LogP contribution in [0.2, 0.25) is 0 Å². The second kappa shape index (κ2) is 6.93. The molecule has 0 aliphatic heterocycles. The van der Waals surface area contributed by atoms with Gasteiger partial charge in [-0.15, -0.1) is 0 Å². The van der Waals surface area contributed by atoms with E-state index in [0.29, 0.717) is 6.04 Å². The molecule has 1 aliphatic rings. The molecule has 0 amide bonds. The molecule has 1 N–H and O–H groups in total. The van der Waals surface area contributed by atoms with Crippen molar-refractivity contribution in [2.75, 3.05) is 21.1 Å². The summed E-state index contributed by atoms with van der Waals surface area (Å²) < 4.78 is 2.08. The van der Waals surface area contributed by atoms with Crippen LogP contribution < -0.4 is 5.32 Å². The van der Waals surface area contributed by atoms with Crippen molar-refractivity contribution in [2.24, 2.45) is 5.92 Å². The molecule has 1 heterocycles. The SMILES string of the molecule is CCCn1cc(C(NC)C2(N(C)C)CCC(C)CC2)cn1. The van der Waals surface area contributed by atoms with E-state index in [9.17, 15) is 0 Å². The summed E-state index contributed by atoms with van der Waals surface area (Å²) in [6.45, 7) is 5.58. The molecule has 1 aromatic heterocycles. The maximum atomic E-state index is 4.53. The molecule has 4 heteroatoms. The summed E-state index contributed by atoms with van der Waals surface area (Å²) in [4.78, 5) is 2.44. The van der Waals surface area contributed by atoms with Crippen LogP contribution in [0.15, 0.2) is 12.4 Å². The summed E-state index contributed by atoms with van der Waals surface area (Å²) in [5.74, 6) is 0.860. The van der Waals surface area contributed by atoms with E-state index < -0.39 is 0 Å². The number of hydrogen-bond donors (Lipinski definition) is 1. The first kappa shape index (κ1) is 16.5. The summed E-state index contributed by atoms with van der Waals surface area (Å²) in [5.41, 5.74) is 1.54. The Balaban J connectivity index is 2.27. The summed E-state index contributed by atoms with van der Waals surface area (Å²) in [7, 11) is 6.55. The molecule has 1 atom stereocenters. The molecule has 1 unspecified atom stereocenters. The number of nitrogens with zero attached hydrogens (tertiary/aromatic N) is 3. The molecule has 1 aliphatic carbocycles. The van der Waals surface area contributed by atoms with E-state index in [4.69, 9.17) is 0 Å². The third-order valence-electron chi connectivity index (χ3n) is 5.30. The monoisotopic (exact) mass is 292 g/mol. The fourth-order valence-corrected chi connectivity index (χ4v) is 3.88. The lowest BCUT2D eigenvalue weighted by atomic mass is 9.70. The normalized spacial score (nSPS) is 28.0. The van der Waals surface area contributed by atoms with Gasteiger partial charge in [0.05, 0.1) is 12.2 Å². The average Bonchev–Trinajstić information content (AvgIpc) is 2.90. The zero-order valence-corrected chi connectivity index (χ0v) is 14.4. The predicted molar refractivity (Wildman–Crippen MR) is 88.4 cm³/mol. The zero-order valence-electron chi connectivity index (χ0n) is 14.4. The molecule has 120 valence electrons. The molecule has 2 rings (SSSR count). The Morgan fingerprint density at radius 1 is 1.43 bits per heavy atom. The molecular weight excluding hydrogens is 260 g/mol. The molecular formula is C17H32N4. The van der Waals surface area contributed by atoms with Crippen LogP contribution >= 0.6 is 0 Å². The number of hydrogen-bond acceptors (Lipinski definition) is 3. The van der Waals surface area contributed by atoms with E-state index in [1.165, 1.54) is 31.2 Å². The zero-order chi connectivity index (χ0) is 15.5. The number of aryl methyl sites for hydroxylation is 1. The van der Waals surface area contributed by atoms with E-state index in [1.807, 2.05) is 0 Å². The van der Waals surface area contributed by atoms with Crippen molar-refractivity contribution < 1.29 is 0 Å². The van der Waals surface area contributed by atoms with Crippen LogP contribution in [-0.2, 0) is 6.54 Å². The Morgan fingerprint density at radius 2 is 2.10 bits per heavy atom. The quantitative estimate of drug-likeness (QED) is 0.875. The van der Waals surface area contributed by atoms with Crippen molar-refractivity contribution in [3.63, 3.8) is 0 Å². The Hall–Kier alpha value is -0.870. The first-order valence-corrected chi connectivity index (χ1v) is 8.40. The third-order valence-corrected chi connectivity index (χ3v) is 5.30. The highest BCUT2D eigenvalue weighted by atomic mass is 15.3. The standard InChI is InChI=1S/C17H32N4/c1-6-11-21-13-15(12-19-21)16(18-3)17(20(4)5)9-7-14(2)8-10-17/h12-14,16,18H,6-11H2,1-5H3. The summed E-state index contributed by atoms with van der Waals surface area (Å²) >= 11 is 0. The first-order chi connectivity index (χ1) is 10.0. The predicted octanol–water partition coefficient (Wildman–Crippen LogP) is 3.06. The van der Waals surface area contributed by atoms with Gasteiger partial charge >= 0.3 is 0 Å². The van der Waals surface area contributed by atoms with E-state index in [1.54, 1.807) is 0 Å². The van der Waals surface area contributed by atoms with Gasteiger partial charge in [0.2, 0.25) is 0 Å². The van der Waals surface area contributed by atoms with Crippen LogP contribution in [0.5, 0.6) is 0 Å². The molecule has 1 saturated carbocycles. The van der Waals surface area contributed by atoms with Crippen LogP contribution in [0.3, 0.4) is 0 Å². The van der Waals surface area contributed by atoms with Crippen LogP contribution in [-0.4, -0.2) is 41.4 Å². The fraction of sp³-hybridized carbons (Fsp3) is 0.824. The van der Waals surface area contributed by atoms with Crippen molar-refractivity contribution in [1.82, 2.24) is 20.0 Å². The number of aromatic nitrogens is 2. The van der Waals surface area contributed by atoms with E-state index >= 15 is 0 Å². The highest BCUT2D eigenvalue weighted by Crippen LogP contribution is 2.43. The van der Waals surface area contributed by atoms with Gasteiger partial charge in [0.1, 0.15) is 0 Å². The molecule has 1 fully saturated rings. The van der Waals surface area contributed by atoms with Crippen molar-refractivity contribution in [2.45, 2.75) is 64.1 Å². The highest BCUT2D eigenvalue weighted by Gasteiger charge is 2.43. The lowest BCUT2D eigenvalue weighted by molar-refractivity contribution is 0.0455. The molecule has 4 nitrogen and oxygen atoms in total. The molecule has 1 aromatic rings. The smallest absolute Gasteiger partial charge is 0.0538 e. The maximum Gasteiger partial charge on any atom is 0.0538 e. The van der Waals surface area contributed by atoms with E-state index in [0.717, 1.165) is 18.9 Å². The maximum absolute atomic E-state index is 4.53. The van der Waals surface area contributed by atoms with Gasteiger partial charge in [-0.25, -0.2) is 0 Å². The van der Waals surface area contributed by atoms with Crippen molar-refractivity contribution >= 4 is 0 Å². The minimum Gasteiger partial charge on any atom is -0.311 e.